The molecule has 0 N–H and O–H groups in total. The third-order valence-corrected chi connectivity index (χ3v) is 1.85. The van der Waals surface area contributed by atoms with Crippen LogP contribution in [0.3, 0.4) is 0 Å². The zero-order valence-corrected chi connectivity index (χ0v) is 8.21. The Labute approximate surface area is 86.1 Å². The molecule has 0 atom stereocenters. The lowest BCUT2D eigenvalue weighted by Crippen LogP contribution is -2.06. The highest BCUT2D eigenvalue weighted by atomic mass is 35.5. The molecule has 0 aliphatic heterocycles. The number of nitriles is 1. The maximum atomic E-state index is 11.0. The Hall–Kier alpha value is -1.60. The molecule has 0 bridgehead atoms. The lowest BCUT2D eigenvalue weighted by Gasteiger charge is -2.02. The van der Waals surface area contributed by atoms with Crippen molar-refractivity contribution in [1.29, 1.82) is 5.26 Å². The van der Waals surface area contributed by atoms with Gasteiger partial charge in [-0.25, -0.2) is 4.98 Å². The average molecular weight is 211 g/mol. The van der Waals surface area contributed by atoms with Crippen LogP contribution in [0.2, 0.25) is 5.15 Å². The van der Waals surface area contributed by atoms with Gasteiger partial charge in [-0.3, -0.25) is 4.79 Å². The molecule has 1 aromatic rings. The van der Waals surface area contributed by atoms with Crippen molar-refractivity contribution >= 4 is 17.6 Å². The van der Waals surface area contributed by atoms with Gasteiger partial charge in [-0.2, -0.15) is 5.26 Å². The summed E-state index contributed by atoms with van der Waals surface area (Å²) in [6.07, 6.45) is 1.36. The quantitative estimate of drug-likeness (QED) is 0.546. The molecule has 0 fully saturated rings. The van der Waals surface area contributed by atoms with E-state index < -0.39 is 5.97 Å². The molecular formula is C9H7ClN2O2. The Kier molecular flexibility index (Phi) is 3.43. The van der Waals surface area contributed by atoms with Gasteiger partial charge in [-0.05, 0) is 11.6 Å². The number of carbonyl (C=O) groups is 1. The predicted molar refractivity (Wildman–Crippen MR) is 49.7 cm³/mol. The van der Waals surface area contributed by atoms with Crippen LogP contribution in [-0.4, -0.2) is 18.1 Å². The Morgan fingerprint density at radius 1 is 1.79 bits per heavy atom. The average Bonchev–Trinajstić information content (AvgIpc) is 2.18. The smallest absolute Gasteiger partial charge is 0.310 e. The summed E-state index contributed by atoms with van der Waals surface area (Å²) in [5.74, 6) is -0.413. The van der Waals surface area contributed by atoms with Crippen molar-refractivity contribution in [2.75, 3.05) is 7.11 Å². The van der Waals surface area contributed by atoms with Crippen molar-refractivity contribution in [3.63, 3.8) is 0 Å². The van der Waals surface area contributed by atoms with Gasteiger partial charge >= 0.3 is 5.97 Å². The first-order valence-corrected chi connectivity index (χ1v) is 4.16. The number of carbonyl (C=O) groups excluding carboxylic acids is 1. The van der Waals surface area contributed by atoms with Crippen molar-refractivity contribution in [2.24, 2.45) is 0 Å². The molecule has 0 aromatic carbocycles. The van der Waals surface area contributed by atoms with E-state index in [1.807, 2.05) is 6.07 Å². The highest BCUT2D eigenvalue weighted by molar-refractivity contribution is 6.29. The van der Waals surface area contributed by atoms with E-state index in [2.05, 4.69) is 9.72 Å². The second-order valence-electron chi connectivity index (χ2n) is 2.53. The number of hydrogen-bond donors (Lipinski definition) is 0. The second-order valence-corrected chi connectivity index (χ2v) is 2.92. The van der Waals surface area contributed by atoms with E-state index in [0.29, 0.717) is 11.1 Å². The molecule has 0 saturated heterocycles. The number of rotatable bonds is 2. The van der Waals surface area contributed by atoms with Crippen LogP contribution < -0.4 is 0 Å². The van der Waals surface area contributed by atoms with Gasteiger partial charge in [0, 0.05) is 6.20 Å². The van der Waals surface area contributed by atoms with Gasteiger partial charge < -0.3 is 4.74 Å². The minimum absolute atomic E-state index is 0.0294. The molecule has 1 heterocycles. The molecule has 5 heteroatoms. The van der Waals surface area contributed by atoms with Crippen molar-refractivity contribution in [2.45, 2.75) is 6.42 Å². The molecule has 0 amide bonds. The molecule has 0 aliphatic rings. The van der Waals surface area contributed by atoms with E-state index in [1.54, 1.807) is 0 Å². The fourth-order valence-corrected chi connectivity index (χ4v) is 1.12. The van der Waals surface area contributed by atoms with Gasteiger partial charge in [0.15, 0.2) is 0 Å². The van der Waals surface area contributed by atoms with Crippen molar-refractivity contribution < 1.29 is 9.53 Å². The van der Waals surface area contributed by atoms with Gasteiger partial charge in [0.2, 0.25) is 0 Å². The van der Waals surface area contributed by atoms with E-state index in [9.17, 15) is 4.79 Å². The number of nitrogens with zero attached hydrogens (tertiary/aromatic N) is 2. The van der Waals surface area contributed by atoms with Crippen LogP contribution in [0.5, 0.6) is 0 Å². The number of pyridine rings is 1. The van der Waals surface area contributed by atoms with E-state index in [4.69, 9.17) is 16.9 Å². The largest absolute Gasteiger partial charge is 0.469 e. The van der Waals surface area contributed by atoms with Gasteiger partial charge in [-0.15, -0.1) is 0 Å². The van der Waals surface area contributed by atoms with Crippen molar-refractivity contribution in [3.8, 4) is 6.07 Å². The molecule has 0 spiro atoms. The summed E-state index contributed by atoms with van der Waals surface area (Å²) in [7, 11) is 1.29. The van der Waals surface area contributed by atoms with Gasteiger partial charge in [-0.1, -0.05) is 11.6 Å². The Morgan fingerprint density at radius 2 is 2.50 bits per heavy atom. The van der Waals surface area contributed by atoms with E-state index in [1.165, 1.54) is 19.4 Å². The summed E-state index contributed by atoms with van der Waals surface area (Å²) in [5.41, 5.74) is 0.860. The van der Waals surface area contributed by atoms with Crippen LogP contribution in [0.25, 0.3) is 0 Å². The summed E-state index contributed by atoms with van der Waals surface area (Å²) < 4.78 is 4.48. The van der Waals surface area contributed by atoms with E-state index in [-0.39, 0.29) is 11.6 Å². The molecule has 72 valence electrons. The highest BCUT2D eigenvalue weighted by Crippen LogP contribution is 2.13. The molecule has 4 nitrogen and oxygen atoms in total. The van der Waals surface area contributed by atoms with Gasteiger partial charge in [0.1, 0.15) is 11.2 Å². The Morgan fingerprint density at radius 3 is 3.07 bits per heavy atom. The molecule has 0 aliphatic carbocycles. The fraction of sp³-hybridized carbons (Fsp3) is 0.222. The number of methoxy groups -OCH3 is 1. The standard InChI is InChI=1S/C9H7ClN2O2/c1-14-9(13)3-6-2-8(10)12-5-7(6)4-11/h2,5H,3H2,1H3. The third kappa shape index (κ3) is 2.44. The minimum Gasteiger partial charge on any atom is -0.469 e. The number of ether oxygens (including phenoxy) is 1. The first-order chi connectivity index (χ1) is 6.67. The summed E-state index contributed by atoms with van der Waals surface area (Å²) in [5, 5.41) is 8.96. The molecule has 0 radical (unpaired) electrons. The Balaban J connectivity index is 3.00. The predicted octanol–water partition coefficient (Wildman–Crippen LogP) is 1.32. The van der Waals surface area contributed by atoms with E-state index >= 15 is 0 Å². The number of halogens is 1. The zero-order chi connectivity index (χ0) is 10.6. The summed E-state index contributed by atoms with van der Waals surface area (Å²) >= 11 is 5.63. The lowest BCUT2D eigenvalue weighted by atomic mass is 10.1. The van der Waals surface area contributed by atoms with E-state index in [0.717, 1.165) is 0 Å². The maximum Gasteiger partial charge on any atom is 0.310 e. The summed E-state index contributed by atoms with van der Waals surface area (Å²) in [4.78, 5) is 14.7. The number of aromatic nitrogens is 1. The number of hydrogen-bond acceptors (Lipinski definition) is 4. The lowest BCUT2D eigenvalue weighted by molar-refractivity contribution is -0.139. The molecule has 14 heavy (non-hydrogen) atoms. The molecule has 1 aromatic heterocycles. The molecule has 1 rings (SSSR count). The highest BCUT2D eigenvalue weighted by Gasteiger charge is 2.09. The van der Waals surface area contributed by atoms with Crippen LogP contribution in [0.1, 0.15) is 11.1 Å². The molecular weight excluding hydrogens is 204 g/mol. The van der Waals surface area contributed by atoms with Crippen LogP contribution in [0.4, 0.5) is 0 Å². The van der Waals surface area contributed by atoms with Gasteiger partial charge in [0.25, 0.3) is 0 Å². The summed E-state index contributed by atoms with van der Waals surface area (Å²) in [6, 6.07) is 3.41. The van der Waals surface area contributed by atoms with Crippen LogP contribution in [-0.2, 0) is 16.0 Å². The topological polar surface area (TPSA) is 63.0 Å². The SMILES string of the molecule is COC(=O)Cc1cc(Cl)ncc1C#N. The van der Waals surface area contributed by atoms with Crippen molar-refractivity contribution in [1.82, 2.24) is 4.98 Å². The normalized spacial score (nSPS) is 9.21. The summed E-state index contributed by atoms with van der Waals surface area (Å²) in [6.45, 7) is 0. The number of esters is 1. The minimum atomic E-state index is -0.413. The van der Waals surface area contributed by atoms with Crippen LogP contribution >= 0.6 is 11.6 Å². The van der Waals surface area contributed by atoms with Crippen LogP contribution in [0, 0.1) is 11.3 Å². The second kappa shape index (κ2) is 4.58. The molecule has 0 unspecified atom stereocenters. The van der Waals surface area contributed by atoms with Crippen LogP contribution in [0.15, 0.2) is 12.3 Å². The molecule has 0 saturated carbocycles. The Bertz CT molecular complexity index is 398. The van der Waals surface area contributed by atoms with Gasteiger partial charge in [0.05, 0.1) is 19.1 Å². The third-order valence-electron chi connectivity index (χ3n) is 1.64. The zero-order valence-electron chi connectivity index (χ0n) is 7.45. The first-order valence-electron chi connectivity index (χ1n) is 3.78. The monoisotopic (exact) mass is 210 g/mol. The fourth-order valence-electron chi connectivity index (χ4n) is 0.943. The van der Waals surface area contributed by atoms with Crippen molar-refractivity contribution in [3.05, 3.63) is 28.5 Å². The maximum absolute atomic E-state index is 11.0. The first kappa shape index (κ1) is 10.5.